The minimum atomic E-state index is -4.25. The Kier molecular flexibility index (Phi) is 2.21. The summed E-state index contributed by atoms with van der Waals surface area (Å²) in [6.45, 7) is 6.65. The first-order chi connectivity index (χ1) is 3.96. The van der Waals surface area contributed by atoms with Gasteiger partial charge in [0, 0.05) is 0 Å². The summed E-state index contributed by atoms with van der Waals surface area (Å²) in [7, 11) is -4.25. The Morgan fingerprint density at radius 2 is 1.40 bits per heavy atom. The summed E-state index contributed by atoms with van der Waals surface area (Å²) in [6, 6.07) is 0. The number of rotatable bonds is 1. The van der Waals surface area contributed by atoms with Crippen LogP contribution in [0.1, 0.15) is 20.8 Å². The van der Waals surface area contributed by atoms with Gasteiger partial charge in [0.1, 0.15) is 0 Å². The molecular formula is C6H17O3P. The Morgan fingerprint density at radius 1 is 1.10 bits per heavy atom. The van der Waals surface area contributed by atoms with Gasteiger partial charge in [-0.1, -0.05) is 0 Å². The molecule has 0 radical (unpaired) electrons. The molecule has 0 rings (SSSR count). The SMILES string of the molecule is CC(C)(C)CP(C)(O)(O)O. The van der Waals surface area contributed by atoms with Crippen LogP contribution in [0.3, 0.4) is 0 Å². The molecule has 0 aliphatic carbocycles. The van der Waals surface area contributed by atoms with Crippen LogP contribution in [-0.4, -0.2) is 27.5 Å². The van der Waals surface area contributed by atoms with Gasteiger partial charge in [-0.05, 0) is 0 Å². The van der Waals surface area contributed by atoms with Gasteiger partial charge in [0.25, 0.3) is 0 Å². The van der Waals surface area contributed by atoms with Gasteiger partial charge >= 0.3 is 61.0 Å². The quantitative estimate of drug-likeness (QED) is 0.510. The molecule has 0 spiro atoms. The molecule has 0 aromatic carbocycles. The van der Waals surface area contributed by atoms with Crippen molar-refractivity contribution in [3.8, 4) is 0 Å². The zero-order chi connectivity index (χ0) is 8.65. The van der Waals surface area contributed by atoms with Crippen molar-refractivity contribution in [1.29, 1.82) is 0 Å². The Hall–Kier alpha value is 0.310. The van der Waals surface area contributed by atoms with Gasteiger partial charge in [-0.3, -0.25) is 0 Å². The average Bonchev–Trinajstić information content (AvgIpc) is 1.09. The van der Waals surface area contributed by atoms with Crippen molar-refractivity contribution < 1.29 is 14.7 Å². The van der Waals surface area contributed by atoms with Gasteiger partial charge in [0.2, 0.25) is 0 Å². The van der Waals surface area contributed by atoms with E-state index in [0.29, 0.717) is 0 Å². The zero-order valence-electron chi connectivity index (χ0n) is 7.00. The second-order valence-corrected chi connectivity index (χ2v) is 7.86. The van der Waals surface area contributed by atoms with E-state index in [2.05, 4.69) is 0 Å². The van der Waals surface area contributed by atoms with Crippen LogP contribution in [0.15, 0.2) is 0 Å². The fourth-order valence-electron chi connectivity index (χ4n) is 1.11. The molecule has 10 heavy (non-hydrogen) atoms. The Morgan fingerprint density at radius 3 is 1.40 bits per heavy atom. The Balaban J connectivity index is 4.18. The van der Waals surface area contributed by atoms with E-state index in [9.17, 15) is 0 Å². The van der Waals surface area contributed by atoms with E-state index in [4.69, 9.17) is 14.7 Å². The molecular weight excluding hydrogens is 151 g/mol. The van der Waals surface area contributed by atoms with Gasteiger partial charge in [-0.25, -0.2) is 0 Å². The van der Waals surface area contributed by atoms with Gasteiger partial charge in [0.05, 0.1) is 0 Å². The molecule has 0 atom stereocenters. The summed E-state index contributed by atoms with van der Waals surface area (Å²) >= 11 is 0. The van der Waals surface area contributed by atoms with Gasteiger partial charge in [-0.15, -0.1) is 0 Å². The van der Waals surface area contributed by atoms with Crippen molar-refractivity contribution in [2.45, 2.75) is 20.8 Å². The normalized spacial score (nSPS) is 18.1. The monoisotopic (exact) mass is 168 g/mol. The molecule has 0 bridgehead atoms. The molecule has 3 nitrogen and oxygen atoms in total. The van der Waals surface area contributed by atoms with Gasteiger partial charge in [0.15, 0.2) is 0 Å². The molecule has 0 aliphatic rings. The van der Waals surface area contributed by atoms with Crippen LogP contribution in [0.25, 0.3) is 0 Å². The molecule has 3 N–H and O–H groups in total. The molecule has 0 unspecified atom stereocenters. The van der Waals surface area contributed by atoms with Crippen LogP contribution in [0.5, 0.6) is 0 Å². The van der Waals surface area contributed by atoms with E-state index in [1.54, 1.807) is 0 Å². The summed E-state index contributed by atoms with van der Waals surface area (Å²) in [5, 5.41) is 0. The molecule has 4 heteroatoms. The van der Waals surface area contributed by atoms with Crippen molar-refractivity contribution in [3.05, 3.63) is 0 Å². The predicted molar refractivity (Wildman–Crippen MR) is 43.8 cm³/mol. The first kappa shape index (κ1) is 10.3. The van der Waals surface area contributed by atoms with Crippen LogP contribution in [0.2, 0.25) is 0 Å². The summed E-state index contributed by atoms with van der Waals surface area (Å²) in [5.74, 6) is 0. The van der Waals surface area contributed by atoms with Gasteiger partial charge in [-0.2, -0.15) is 0 Å². The Bertz CT molecular complexity index is 119. The second kappa shape index (κ2) is 2.15. The molecule has 0 aromatic rings. The molecule has 0 amide bonds. The zero-order valence-corrected chi connectivity index (χ0v) is 7.89. The van der Waals surface area contributed by atoms with Crippen molar-refractivity contribution in [1.82, 2.24) is 0 Å². The predicted octanol–water partition coefficient (Wildman–Crippen LogP) is 0.938. The minimum absolute atomic E-state index is 0.0542. The van der Waals surface area contributed by atoms with E-state index in [1.165, 1.54) is 0 Å². The molecule has 0 aliphatic heterocycles. The van der Waals surface area contributed by atoms with Crippen LogP contribution in [0.4, 0.5) is 0 Å². The molecule has 0 heterocycles. The van der Waals surface area contributed by atoms with Crippen LogP contribution < -0.4 is 0 Å². The van der Waals surface area contributed by atoms with Crippen molar-refractivity contribution in [2.75, 3.05) is 12.8 Å². The van der Waals surface area contributed by atoms with Crippen molar-refractivity contribution >= 4 is 7.28 Å². The summed E-state index contributed by atoms with van der Waals surface area (Å²) in [6.07, 6.45) is 0.0542. The summed E-state index contributed by atoms with van der Waals surface area (Å²) < 4.78 is 0. The summed E-state index contributed by atoms with van der Waals surface area (Å²) in [4.78, 5) is 27.2. The van der Waals surface area contributed by atoms with Crippen LogP contribution >= 0.6 is 7.28 Å². The fourth-order valence-corrected chi connectivity index (χ4v) is 3.33. The van der Waals surface area contributed by atoms with E-state index in [0.717, 1.165) is 6.66 Å². The third kappa shape index (κ3) is 8.31. The third-order valence-electron chi connectivity index (χ3n) is 0.845. The van der Waals surface area contributed by atoms with Crippen molar-refractivity contribution in [2.24, 2.45) is 5.41 Å². The number of hydrogen-bond acceptors (Lipinski definition) is 3. The fraction of sp³-hybridized carbons (Fsp3) is 1.00. The van der Waals surface area contributed by atoms with Crippen molar-refractivity contribution in [3.63, 3.8) is 0 Å². The topological polar surface area (TPSA) is 60.7 Å². The van der Waals surface area contributed by atoms with E-state index < -0.39 is 7.28 Å². The van der Waals surface area contributed by atoms with Crippen LogP contribution in [-0.2, 0) is 0 Å². The molecule has 64 valence electrons. The standard InChI is InChI=1S/C6H17O3P/c1-6(2,3)5-10(4,7,8)9/h7-9H,5H2,1-4H3. The Labute approximate surface area is 61.9 Å². The average molecular weight is 168 g/mol. The number of hydrogen-bond donors (Lipinski definition) is 3. The molecule has 0 saturated carbocycles. The molecule has 0 aromatic heterocycles. The summed E-state index contributed by atoms with van der Waals surface area (Å²) in [5.41, 5.74) is -0.245. The maximum atomic E-state index is 9.06. The third-order valence-corrected chi connectivity index (χ3v) is 2.53. The van der Waals surface area contributed by atoms with E-state index in [1.807, 2.05) is 20.8 Å². The van der Waals surface area contributed by atoms with Gasteiger partial charge < -0.3 is 0 Å². The van der Waals surface area contributed by atoms with E-state index in [-0.39, 0.29) is 11.6 Å². The second-order valence-electron chi connectivity index (χ2n) is 4.33. The van der Waals surface area contributed by atoms with E-state index >= 15 is 0 Å². The molecule has 0 saturated heterocycles. The first-order valence-electron chi connectivity index (χ1n) is 3.22. The van der Waals surface area contributed by atoms with Crippen LogP contribution in [0, 0.1) is 5.41 Å². The molecule has 0 fully saturated rings. The maximum absolute atomic E-state index is 9.06. The first-order valence-corrected chi connectivity index (χ1v) is 5.94.